The first kappa shape index (κ1) is 25.2. The van der Waals surface area contributed by atoms with E-state index >= 15 is 4.39 Å². The van der Waals surface area contributed by atoms with Gasteiger partial charge in [-0.3, -0.25) is 9.78 Å². The minimum atomic E-state index is -3.21. The zero-order valence-electron chi connectivity index (χ0n) is 20.2. The summed E-state index contributed by atoms with van der Waals surface area (Å²) in [5.41, 5.74) is 0.744. The molecule has 1 fully saturated rings. The van der Waals surface area contributed by atoms with Crippen molar-refractivity contribution in [3.8, 4) is 0 Å². The minimum Gasteiger partial charge on any atom is -0.318 e. The summed E-state index contributed by atoms with van der Waals surface area (Å²) in [5, 5.41) is 1.15. The van der Waals surface area contributed by atoms with Gasteiger partial charge in [-0.2, -0.15) is 0 Å². The lowest BCUT2D eigenvalue weighted by atomic mass is 9.94. The lowest BCUT2D eigenvalue weighted by Gasteiger charge is -2.26. The fourth-order valence-corrected chi connectivity index (χ4v) is 5.05. The van der Waals surface area contributed by atoms with Crippen LogP contribution in [0.25, 0.3) is 11.0 Å². The van der Waals surface area contributed by atoms with Crippen molar-refractivity contribution in [1.29, 1.82) is 0 Å². The van der Waals surface area contributed by atoms with E-state index in [0.717, 1.165) is 11.7 Å². The molecule has 2 heterocycles. The summed E-state index contributed by atoms with van der Waals surface area (Å²) in [6, 6.07) is 5.51. The third kappa shape index (κ3) is 5.19. The second-order valence-electron chi connectivity index (χ2n) is 9.70. The van der Waals surface area contributed by atoms with E-state index in [1.165, 1.54) is 18.6 Å². The molecule has 2 aromatic heterocycles. The van der Waals surface area contributed by atoms with E-state index in [4.69, 9.17) is 0 Å². The highest BCUT2D eigenvalue weighted by Gasteiger charge is 2.59. The number of allylic oxidation sites excluding steroid dienone is 1. The predicted molar refractivity (Wildman–Crippen MR) is 131 cm³/mol. The molecular formula is C26H29F2N3O3S. The number of hydrogen-bond acceptors (Lipinski definition) is 5. The van der Waals surface area contributed by atoms with E-state index in [9.17, 15) is 17.6 Å². The third-order valence-electron chi connectivity index (χ3n) is 6.84. The van der Waals surface area contributed by atoms with E-state index < -0.39 is 21.5 Å². The monoisotopic (exact) mass is 501 g/mol. The molecule has 9 heteroatoms. The van der Waals surface area contributed by atoms with Crippen molar-refractivity contribution in [1.82, 2.24) is 14.5 Å². The Morgan fingerprint density at radius 3 is 2.71 bits per heavy atom. The van der Waals surface area contributed by atoms with Gasteiger partial charge in [-0.25, -0.2) is 22.2 Å². The number of carbonyl (C=O) groups is 1. The number of imidazole rings is 1. The summed E-state index contributed by atoms with van der Waals surface area (Å²) < 4.78 is 54.4. The quantitative estimate of drug-likeness (QED) is 0.368. The first-order chi connectivity index (χ1) is 16.4. The number of sulfone groups is 1. The highest BCUT2D eigenvalue weighted by atomic mass is 32.2. The number of Topliss-reactive ketones (excluding diaryl/α,β-unsaturated/α-hetero) is 1. The molecular weight excluding hydrogens is 472 g/mol. The van der Waals surface area contributed by atoms with Gasteiger partial charge in [0, 0.05) is 18.1 Å². The normalized spacial score (nSPS) is 21.9. The lowest BCUT2D eigenvalue weighted by Crippen LogP contribution is -2.25. The Kier molecular flexibility index (Phi) is 6.66. The van der Waals surface area contributed by atoms with Crippen LogP contribution in [0.2, 0.25) is 0 Å². The molecule has 0 aliphatic heterocycles. The number of pyridine rings is 1. The Bertz CT molecular complexity index is 1420. The fourth-order valence-electron chi connectivity index (χ4n) is 4.50. The maximum Gasteiger partial charge on any atom is 0.181 e. The average molecular weight is 502 g/mol. The van der Waals surface area contributed by atoms with Crippen LogP contribution < -0.4 is 0 Å². The molecule has 0 spiro atoms. The molecule has 0 N–H and O–H groups in total. The van der Waals surface area contributed by atoms with Gasteiger partial charge < -0.3 is 4.57 Å². The van der Waals surface area contributed by atoms with Crippen LogP contribution in [0, 0.1) is 24.6 Å². The molecule has 1 aromatic carbocycles. The van der Waals surface area contributed by atoms with E-state index in [1.54, 1.807) is 35.8 Å². The van der Waals surface area contributed by atoms with E-state index in [1.807, 2.05) is 13.8 Å². The van der Waals surface area contributed by atoms with Crippen molar-refractivity contribution in [3.63, 3.8) is 0 Å². The minimum absolute atomic E-state index is 0.0897. The second-order valence-corrected chi connectivity index (χ2v) is 11.6. The molecule has 1 saturated carbocycles. The van der Waals surface area contributed by atoms with Gasteiger partial charge in [0.1, 0.15) is 17.2 Å². The van der Waals surface area contributed by atoms with Crippen LogP contribution >= 0.6 is 0 Å². The summed E-state index contributed by atoms with van der Waals surface area (Å²) >= 11 is 0. The van der Waals surface area contributed by atoms with Crippen molar-refractivity contribution in [2.45, 2.75) is 51.7 Å². The number of hydrogen-bond donors (Lipinski definition) is 0. The van der Waals surface area contributed by atoms with Crippen LogP contribution in [-0.2, 0) is 9.84 Å². The number of alkyl halides is 1. The molecule has 6 nitrogen and oxygen atoms in total. The van der Waals surface area contributed by atoms with Crippen molar-refractivity contribution < 1.29 is 22.0 Å². The molecule has 4 rings (SSSR count). The van der Waals surface area contributed by atoms with Crippen molar-refractivity contribution in [2.24, 2.45) is 11.8 Å². The van der Waals surface area contributed by atoms with Crippen molar-refractivity contribution in [2.75, 3.05) is 6.26 Å². The maximum atomic E-state index is 15.9. The Morgan fingerprint density at radius 2 is 2.06 bits per heavy atom. The molecule has 4 atom stereocenters. The summed E-state index contributed by atoms with van der Waals surface area (Å²) in [7, 11) is -3.21. The van der Waals surface area contributed by atoms with Gasteiger partial charge in [0.05, 0.1) is 29.6 Å². The van der Waals surface area contributed by atoms with Crippen LogP contribution in [0.3, 0.4) is 0 Å². The number of rotatable bonds is 9. The SMILES string of the molecule is Cc1c(F)cccc1[C@H](n1cnc2cc(C(=O)CC[C@H](C)/C=C/S(C)(=O)=O)ncc21)C1(F)CC1C. The number of ketones is 1. The second kappa shape index (κ2) is 9.26. The van der Waals surface area contributed by atoms with Crippen LogP contribution in [0.4, 0.5) is 8.78 Å². The Morgan fingerprint density at radius 1 is 1.34 bits per heavy atom. The van der Waals surface area contributed by atoms with E-state index in [2.05, 4.69) is 9.97 Å². The summed E-state index contributed by atoms with van der Waals surface area (Å²) in [5.74, 6) is -0.842. The zero-order valence-corrected chi connectivity index (χ0v) is 21.0. The molecule has 2 unspecified atom stereocenters. The molecule has 0 amide bonds. The predicted octanol–water partition coefficient (Wildman–Crippen LogP) is 5.37. The Balaban J connectivity index is 1.61. The van der Waals surface area contributed by atoms with Gasteiger partial charge in [0.25, 0.3) is 0 Å². The van der Waals surface area contributed by atoms with Gasteiger partial charge in [0.2, 0.25) is 0 Å². The van der Waals surface area contributed by atoms with E-state index in [0.29, 0.717) is 35.0 Å². The largest absolute Gasteiger partial charge is 0.318 e. The standard InChI is InChI=1S/C26H29F2N3O3S/c1-16(10-11-35(4,33)34)8-9-24(32)22-12-21-23(14-29-22)31(15-30-21)25(26(28)13-17(26)2)19-6-5-7-20(27)18(19)3/h5-7,10-12,14-17,25H,8-9,13H2,1-4H3/b11-10+/t16-,17?,25-,26?/m0/s1. The molecule has 186 valence electrons. The molecule has 35 heavy (non-hydrogen) atoms. The van der Waals surface area contributed by atoms with Gasteiger partial charge in [-0.15, -0.1) is 0 Å². The van der Waals surface area contributed by atoms with Crippen LogP contribution in [0.15, 0.2) is 48.3 Å². The number of benzene rings is 1. The fraction of sp³-hybridized carbons (Fsp3) is 0.423. The summed E-state index contributed by atoms with van der Waals surface area (Å²) in [6.45, 7) is 5.32. The number of carbonyl (C=O) groups excluding carboxylic acids is 1. The van der Waals surface area contributed by atoms with Crippen LogP contribution in [0.1, 0.15) is 60.8 Å². The number of halogens is 2. The van der Waals surface area contributed by atoms with E-state index in [-0.39, 0.29) is 35.6 Å². The van der Waals surface area contributed by atoms with Crippen molar-refractivity contribution >= 4 is 26.7 Å². The third-order valence-corrected chi connectivity index (χ3v) is 7.49. The zero-order chi connectivity index (χ0) is 25.5. The van der Waals surface area contributed by atoms with Crippen LogP contribution in [-0.4, -0.2) is 40.7 Å². The topological polar surface area (TPSA) is 81.9 Å². The molecule has 1 aliphatic rings. The first-order valence-corrected chi connectivity index (χ1v) is 13.5. The summed E-state index contributed by atoms with van der Waals surface area (Å²) in [6.07, 6.45) is 6.77. The maximum absolute atomic E-state index is 15.9. The molecule has 1 aliphatic carbocycles. The highest BCUT2D eigenvalue weighted by molar-refractivity contribution is 7.93. The first-order valence-electron chi connectivity index (χ1n) is 11.6. The smallest absolute Gasteiger partial charge is 0.181 e. The molecule has 0 radical (unpaired) electrons. The summed E-state index contributed by atoms with van der Waals surface area (Å²) in [4.78, 5) is 21.4. The van der Waals surface area contributed by atoms with Gasteiger partial charge in [-0.05, 0) is 54.9 Å². The lowest BCUT2D eigenvalue weighted by molar-refractivity contribution is 0.0972. The number of nitrogens with zero attached hydrogens (tertiary/aromatic N) is 3. The number of aromatic nitrogens is 3. The van der Waals surface area contributed by atoms with Crippen molar-refractivity contribution in [3.05, 3.63) is 70.9 Å². The van der Waals surface area contributed by atoms with Gasteiger partial charge >= 0.3 is 0 Å². The number of fused-ring (bicyclic) bond motifs is 1. The Hall–Kier alpha value is -2.94. The molecule has 0 bridgehead atoms. The highest BCUT2D eigenvalue weighted by Crippen LogP contribution is 2.57. The average Bonchev–Trinajstić information content (AvgIpc) is 3.21. The van der Waals surface area contributed by atoms with Crippen LogP contribution in [0.5, 0.6) is 0 Å². The molecule has 3 aromatic rings. The Labute approximate surface area is 204 Å². The van der Waals surface area contributed by atoms with Gasteiger partial charge in [0.15, 0.2) is 15.6 Å². The van der Waals surface area contributed by atoms with Gasteiger partial charge in [-0.1, -0.05) is 32.1 Å². The molecule has 0 saturated heterocycles.